The van der Waals surface area contributed by atoms with Crippen molar-refractivity contribution in [2.75, 3.05) is 33.6 Å². The van der Waals surface area contributed by atoms with Crippen molar-refractivity contribution in [1.82, 2.24) is 4.31 Å². The summed E-state index contributed by atoms with van der Waals surface area (Å²) in [6, 6.07) is 11.3. The average Bonchev–Trinajstić information content (AvgIpc) is 2.66. The van der Waals surface area contributed by atoms with E-state index in [1.165, 1.54) is 39.4 Å². The number of anilines is 1. The van der Waals surface area contributed by atoms with Crippen LogP contribution in [0.1, 0.15) is 5.56 Å². The molecule has 1 N–H and O–H groups in total. The van der Waals surface area contributed by atoms with E-state index >= 15 is 0 Å². The van der Waals surface area contributed by atoms with Crippen LogP contribution in [0.15, 0.2) is 53.4 Å². The van der Waals surface area contributed by atoms with Gasteiger partial charge >= 0.3 is 0 Å². The fraction of sp³-hybridized carbons (Fsp3) is 0.211. The van der Waals surface area contributed by atoms with Gasteiger partial charge in [-0.25, -0.2) is 12.7 Å². The quantitative estimate of drug-likeness (QED) is 0.735. The molecule has 8 heteroatoms. The molecule has 0 aromatic heterocycles. The molecule has 0 fully saturated rings. The molecule has 144 valence electrons. The van der Waals surface area contributed by atoms with Crippen molar-refractivity contribution in [1.29, 1.82) is 0 Å². The molecule has 0 saturated heterocycles. The summed E-state index contributed by atoms with van der Waals surface area (Å²) in [4.78, 5) is 12.2. The summed E-state index contributed by atoms with van der Waals surface area (Å²) in [5.74, 6) is 0.831. The van der Waals surface area contributed by atoms with Gasteiger partial charge in [-0.1, -0.05) is 6.07 Å². The highest BCUT2D eigenvalue weighted by molar-refractivity contribution is 7.89. The number of hydrogen-bond donors (Lipinski definition) is 1. The summed E-state index contributed by atoms with van der Waals surface area (Å²) in [5.41, 5.74) is 1.27. The third-order valence-electron chi connectivity index (χ3n) is 3.74. The van der Waals surface area contributed by atoms with Crippen molar-refractivity contribution in [2.45, 2.75) is 4.90 Å². The third-order valence-corrected chi connectivity index (χ3v) is 5.56. The van der Waals surface area contributed by atoms with E-state index in [1.807, 2.05) is 0 Å². The second-order valence-corrected chi connectivity index (χ2v) is 7.90. The SMILES string of the molecule is COc1ccc(/C=C/C(=O)Nc2ccc(S(=O)(=O)N(C)C)cc2)cc1OC. The Morgan fingerprint density at radius 2 is 1.63 bits per heavy atom. The molecule has 0 radical (unpaired) electrons. The van der Waals surface area contributed by atoms with Crippen LogP contribution in [0.25, 0.3) is 6.08 Å². The van der Waals surface area contributed by atoms with E-state index in [-0.39, 0.29) is 10.8 Å². The van der Waals surface area contributed by atoms with Crippen molar-refractivity contribution in [3.8, 4) is 11.5 Å². The van der Waals surface area contributed by atoms with Crippen LogP contribution >= 0.6 is 0 Å². The first-order chi connectivity index (χ1) is 12.8. The summed E-state index contributed by atoms with van der Waals surface area (Å²) in [5, 5.41) is 2.68. The van der Waals surface area contributed by atoms with Gasteiger partial charge in [0.2, 0.25) is 15.9 Å². The Bertz CT molecular complexity index is 935. The molecule has 0 saturated carbocycles. The molecule has 1 amide bonds. The Labute approximate surface area is 159 Å². The Morgan fingerprint density at radius 1 is 1.00 bits per heavy atom. The van der Waals surface area contributed by atoms with E-state index in [2.05, 4.69) is 5.32 Å². The maximum atomic E-state index is 12.1. The number of hydrogen-bond acceptors (Lipinski definition) is 5. The average molecular weight is 390 g/mol. The Morgan fingerprint density at radius 3 is 2.19 bits per heavy atom. The number of ether oxygens (including phenoxy) is 2. The van der Waals surface area contributed by atoms with Gasteiger partial charge in [-0.3, -0.25) is 4.79 Å². The lowest BCUT2D eigenvalue weighted by Crippen LogP contribution is -2.22. The molecule has 27 heavy (non-hydrogen) atoms. The van der Waals surface area contributed by atoms with E-state index in [0.29, 0.717) is 17.2 Å². The van der Waals surface area contributed by atoms with Crippen LogP contribution in [0.3, 0.4) is 0 Å². The van der Waals surface area contributed by atoms with E-state index in [0.717, 1.165) is 9.87 Å². The van der Waals surface area contributed by atoms with Gasteiger partial charge in [-0.15, -0.1) is 0 Å². The van der Waals surface area contributed by atoms with Crippen molar-refractivity contribution < 1.29 is 22.7 Å². The van der Waals surface area contributed by atoms with Gasteiger partial charge in [0.25, 0.3) is 0 Å². The minimum Gasteiger partial charge on any atom is -0.493 e. The van der Waals surface area contributed by atoms with Crippen molar-refractivity contribution in [3.05, 3.63) is 54.1 Å². The molecule has 0 aliphatic carbocycles. The molecule has 0 heterocycles. The van der Waals surface area contributed by atoms with Gasteiger partial charge in [-0.05, 0) is 48.0 Å². The number of nitrogens with one attached hydrogen (secondary N) is 1. The van der Waals surface area contributed by atoms with Gasteiger partial charge in [0.15, 0.2) is 11.5 Å². The normalized spacial score (nSPS) is 11.6. The van der Waals surface area contributed by atoms with Gasteiger partial charge in [0.05, 0.1) is 19.1 Å². The Hall–Kier alpha value is -2.84. The molecule has 0 bridgehead atoms. The first kappa shape index (κ1) is 20.5. The van der Waals surface area contributed by atoms with E-state index in [1.54, 1.807) is 43.5 Å². The summed E-state index contributed by atoms with van der Waals surface area (Å²) in [6.07, 6.45) is 3.02. The lowest BCUT2D eigenvalue weighted by molar-refractivity contribution is -0.111. The highest BCUT2D eigenvalue weighted by atomic mass is 32.2. The molecule has 2 aromatic rings. The first-order valence-electron chi connectivity index (χ1n) is 8.01. The molecule has 7 nitrogen and oxygen atoms in total. The lowest BCUT2D eigenvalue weighted by atomic mass is 10.2. The largest absolute Gasteiger partial charge is 0.493 e. The summed E-state index contributed by atoms with van der Waals surface area (Å²) in [6.45, 7) is 0. The Balaban J connectivity index is 2.06. The maximum Gasteiger partial charge on any atom is 0.248 e. The van der Waals surface area contributed by atoms with Crippen molar-refractivity contribution in [2.24, 2.45) is 0 Å². The zero-order chi connectivity index (χ0) is 20.0. The molecule has 2 aromatic carbocycles. The molecule has 0 aliphatic rings. The second-order valence-electron chi connectivity index (χ2n) is 5.75. The van der Waals surface area contributed by atoms with E-state index < -0.39 is 10.0 Å². The number of methoxy groups -OCH3 is 2. The van der Waals surface area contributed by atoms with Crippen LogP contribution in [0.4, 0.5) is 5.69 Å². The number of carbonyl (C=O) groups excluding carboxylic acids is 1. The van der Waals surface area contributed by atoms with Crippen molar-refractivity contribution in [3.63, 3.8) is 0 Å². The first-order valence-corrected chi connectivity index (χ1v) is 9.45. The number of nitrogens with zero attached hydrogens (tertiary/aromatic N) is 1. The summed E-state index contributed by atoms with van der Waals surface area (Å²) >= 11 is 0. The lowest BCUT2D eigenvalue weighted by Gasteiger charge is -2.11. The highest BCUT2D eigenvalue weighted by Crippen LogP contribution is 2.28. The molecule has 2 rings (SSSR count). The molecule has 0 atom stereocenters. The van der Waals surface area contributed by atoms with Gasteiger partial charge in [0, 0.05) is 25.9 Å². The van der Waals surface area contributed by atoms with Gasteiger partial charge in [0.1, 0.15) is 0 Å². The fourth-order valence-corrected chi connectivity index (χ4v) is 3.14. The Kier molecular flexibility index (Phi) is 6.59. The van der Waals surface area contributed by atoms with Crippen LogP contribution in [0.2, 0.25) is 0 Å². The monoisotopic (exact) mass is 390 g/mol. The zero-order valence-corrected chi connectivity index (χ0v) is 16.4. The predicted octanol–water partition coefficient (Wildman–Crippen LogP) is 2.61. The molecular formula is C19H22N2O5S. The van der Waals surface area contributed by atoms with Gasteiger partial charge in [-0.2, -0.15) is 0 Å². The maximum absolute atomic E-state index is 12.1. The predicted molar refractivity (Wildman–Crippen MR) is 105 cm³/mol. The fourth-order valence-electron chi connectivity index (χ4n) is 2.23. The van der Waals surface area contributed by atoms with Crippen LogP contribution in [0.5, 0.6) is 11.5 Å². The summed E-state index contributed by atoms with van der Waals surface area (Å²) in [7, 11) is 2.52. The number of benzene rings is 2. The number of carbonyl (C=O) groups is 1. The summed E-state index contributed by atoms with van der Waals surface area (Å²) < 4.78 is 35.6. The number of rotatable bonds is 7. The highest BCUT2D eigenvalue weighted by Gasteiger charge is 2.16. The topological polar surface area (TPSA) is 84.9 Å². The number of amides is 1. The number of sulfonamides is 1. The van der Waals surface area contributed by atoms with Crippen LogP contribution in [-0.4, -0.2) is 46.9 Å². The minimum absolute atomic E-state index is 0.159. The zero-order valence-electron chi connectivity index (χ0n) is 15.6. The van der Waals surface area contributed by atoms with E-state index in [9.17, 15) is 13.2 Å². The standard InChI is InChI=1S/C19H22N2O5S/c1-21(2)27(23,24)16-9-7-15(8-10-16)20-19(22)12-6-14-5-11-17(25-3)18(13-14)26-4/h5-13H,1-4H3,(H,20,22)/b12-6+. The molecule has 0 unspecified atom stereocenters. The second kappa shape index (κ2) is 8.70. The molecule has 0 spiro atoms. The van der Waals surface area contributed by atoms with Crippen LogP contribution in [-0.2, 0) is 14.8 Å². The third kappa shape index (κ3) is 5.08. The van der Waals surface area contributed by atoms with Crippen LogP contribution < -0.4 is 14.8 Å². The smallest absolute Gasteiger partial charge is 0.248 e. The molecular weight excluding hydrogens is 368 g/mol. The van der Waals surface area contributed by atoms with E-state index in [4.69, 9.17) is 9.47 Å². The van der Waals surface area contributed by atoms with Crippen LogP contribution in [0, 0.1) is 0 Å². The van der Waals surface area contributed by atoms with Crippen molar-refractivity contribution >= 4 is 27.7 Å². The molecule has 0 aliphatic heterocycles. The minimum atomic E-state index is -3.50. The van der Waals surface area contributed by atoms with Gasteiger partial charge < -0.3 is 14.8 Å².